The Morgan fingerprint density at radius 2 is 0.674 bits per heavy atom. The summed E-state index contributed by atoms with van der Waals surface area (Å²) in [5.74, 6) is 3.38. The largest absolute Gasteiger partial charge is 0.508 e. The maximum atomic E-state index is 10.9. The van der Waals surface area contributed by atoms with Crippen LogP contribution in [0.15, 0.2) is 176 Å². The number of aryl methyl sites for hydroxylation is 3. The van der Waals surface area contributed by atoms with E-state index in [0.717, 1.165) is 94.4 Å². The van der Waals surface area contributed by atoms with Gasteiger partial charge >= 0.3 is 35.8 Å². The van der Waals surface area contributed by atoms with Gasteiger partial charge in [-0.1, -0.05) is 32.0 Å². The van der Waals surface area contributed by atoms with Gasteiger partial charge in [-0.2, -0.15) is 0 Å². The predicted molar refractivity (Wildman–Crippen MR) is 656 cm³/mol. The first-order chi connectivity index (χ1) is 66.3. The molecule has 722 valence electrons. The maximum absolute atomic E-state index is 10.9. The zero-order valence-electron chi connectivity index (χ0n) is 76.1. The monoisotopic (exact) mass is 3660 g/mol. The van der Waals surface area contributed by atoms with Crippen LogP contribution in [0.2, 0.25) is 0 Å². The van der Waals surface area contributed by atoms with Crippen LogP contribution in [0.25, 0.3) is 0 Å². The van der Waals surface area contributed by atoms with Crippen LogP contribution in [0.3, 0.4) is 0 Å². The van der Waals surface area contributed by atoms with Crippen molar-refractivity contribution in [3.05, 3.63) is 289 Å². The van der Waals surface area contributed by atoms with Crippen LogP contribution in [-0.2, 0) is 67.3 Å². The third-order valence-electron chi connectivity index (χ3n) is 18.1. The molecule has 0 bridgehead atoms. The third-order valence-corrected chi connectivity index (χ3v) is 31.1. The average molecular weight is 3660 g/mol. The van der Waals surface area contributed by atoms with Gasteiger partial charge in [-0.05, 0) is 620 Å². The van der Waals surface area contributed by atoms with Crippen molar-refractivity contribution < 1.29 is 129 Å². The number of halogens is 16. The number of nitrogens with two attached hydrogens (primary N) is 2. The minimum atomic E-state index is -1.02. The first kappa shape index (κ1) is 114. The number of carbonyl (C=O) groups is 6. The molecule has 42 heteroatoms. The number of hydrogen-bond donors (Lipinski definition) is 14. The summed E-state index contributed by atoms with van der Waals surface area (Å²) in [4.78, 5) is 64.5. The van der Waals surface area contributed by atoms with E-state index < -0.39 is 47.9 Å². The molecule has 12 rings (SSSR count). The highest BCUT2D eigenvalue weighted by Crippen LogP contribution is 2.43. The number of benzene rings is 12. The van der Waals surface area contributed by atoms with Crippen LogP contribution in [-0.4, -0.2) is 116 Å². The molecule has 0 aromatic heterocycles. The second-order valence-electron chi connectivity index (χ2n) is 28.9. The number of carboxylic acids is 6. The molecule has 0 amide bonds. The smallest absolute Gasteiger partial charge is 0.341 e. The predicted octanol–water partition coefficient (Wildman–Crippen LogP) is 27.9. The number of phenols is 6. The van der Waals surface area contributed by atoms with Crippen molar-refractivity contribution in [1.82, 2.24) is 0 Å². The Morgan fingerprint density at radius 3 is 1.04 bits per heavy atom. The lowest BCUT2D eigenvalue weighted by atomic mass is 9.93. The van der Waals surface area contributed by atoms with Gasteiger partial charge in [-0.3, -0.25) is 24.0 Å². The minimum absolute atomic E-state index is 0. The van der Waals surface area contributed by atoms with Crippen LogP contribution in [0.4, 0.5) is 0 Å². The molecule has 0 aliphatic heterocycles. The molecular formula is C93H84I16N2O24. The highest BCUT2D eigenvalue weighted by Gasteiger charge is 2.23. The SMILES string of the molecule is Cc1cc(OCC(=O)O)cc(C)c1Cc1ccc(O)c(C(C)C)c1.NC(Cc1cc(I)c(Oc2cc(I)c(O)c(I)c2)c(I)c1)C(=O)O.NC(Cc1cc(I)c(Oc2ccc(O)c(I)c2)c(I)c1)C(=O)O.O=C(O)CCc1cc(I)c(Oc2ccc(O)cc2)c(I)c1.O=C(O)Cc1cc(I)c(Oc2cc(I)c(O)c(I)c2)c(I)c1.O=C(O)Cc1ccc(Oc2cc(I)c(O)c(I)c2)c(I)c1.[3HH].[3H][3H].[3H][3H].[3H][3H]. The fourth-order valence-corrected chi connectivity index (χ4v) is 26.4. The lowest BCUT2D eigenvalue weighted by Gasteiger charge is -2.15. The molecule has 0 radical (unpaired) electrons. The van der Waals surface area contributed by atoms with Gasteiger partial charge in [0, 0.05) is 16.8 Å². The van der Waals surface area contributed by atoms with Crippen LogP contribution < -0.4 is 39.9 Å². The molecular weight excluding hydrogens is 3560 g/mol. The molecule has 135 heavy (non-hydrogen) atoms. The normalized spacial score (nSPS) is 11.3. The highest BCUT2D eigenvalue weighted by atomic mass is 127. The van der Waals surface area contributed by atoms with Gasteiger partial charge in [-0.25, -0.2) is 4.79 Å². The summed E-state index contributed by atoms with van der Waals surface area (Å²) < 4.78 is 77.6. The van der Waals surface area contributed by atoms with Crippen molar-refractivity contribution in [2.45, 2.75) is 90.6 Å². The molecule has 0 saturated heterocycles. The van der Waals surface area contributed by atoms with Crippen LogP contribution >= 0.6 is 361 Å². The van der Waals surface area contributed by atoms with E-state index in [-0.39, 0.29) is 74.8 Å². The summed E-state index contributed by atoms with van der Waals surface area (Å²) in [6.45, 7) is 7.78. The average Bonchev–Trinajstić information content (AvgIpc) is 0.814. The van der Waals surface area contributed by atoms with E-state index in [0.29, 0.717) is 94.7 Å². The fourth-order valence-electron chi connectivity index (χ4n) is 11.7. The zero-order chi connectivity index (χ0) is 106. The summed E-state index contributed by atoms with van der Waals surface area (Å²) in [5, 5.41) is 111. The van der Waals surface area contributed by atoms with E-state index in [4.69, 9.17) is 79.4 Å². The standard InChI is InChI=1S/C20H24O4.C15H11I4NO4.C15H12I3NO4.C15H12I2O4.C14H8I4O4.C14H9I3O4.4H2/c1-12(2)17-9-15(5-6-19(17)21)10-18-13(3)7-16(8-14(18)4)24-11-20(22)23;16-8-4-7(5-9(17)13(8)21)24-14-10(18)1-6(2-11(14)19)3-12(20)15(22)23;16-9-6-8(1-2-13(9)20)23-14-10(17)3-7(4-11(14)18)5-12(19)15(21)22;16-12-7-9(1-6-14(19)20)8-13(17)15(12)21-11-4-2-10(18)3-5-11;15-8-4-7(5-9(16)13(8)21)22-14-10(17)1-6(2-11(14)18)3-12(19)20;15-9-3-7(4-13(18)19)1-2-12(9)21-8-5-10(16)14(20)11(17)6-8;;;;/h5-9,12,21H,10-11H2,1-4H3,(H,22,23);1-2,4-5,12,21H,3,20H2,(H,22,23);1-4,6,12,20H,5,19H2,(H,21,22);2-5,7-8,18H,1,6H2,(H,19,20);1-2,4-5,21H,3H2,(H,19,20);1-3,5-6,20H,4H2,(H,18,19);4*1H/i;;;;;;3*1+2T;1+2. The van der Waals surface area contributed by atoms with Crippen LogP contribution in [0.5, 0.6) is 97.7 Å². The quantitative estimate of drug-likeness (QED) is 0.0194. The number of aromatic hydroxyl groups is 6. The summed E-state index contributed by atoms with van der Waals surface area (Å²) >= 11 is 33.7. The molecule has 0 aliphatic carbocycles. The van der Waals surface area contributed by atoms with Crippen molar-refractivity contribution in [2.24, 2.45) is 11.5 Å². The van der Waals surface area contributed by atoms with E-state index in [2.05, 4.69) is 308 Å². The Balaban J connectivity index is 0.000000433. The molecule has 0 heterocycles. The van der Waals surface area contributed by atoms with Gasteiger partial charge in [0.15, 0.2) is 29.6 Å². The second-order valence-corrected chi connectivity index (χ2v) is 47.5. The first-order valence-electron chi connectivity index (χ1n) is 41.6. The zero-order valence-corrected chi connectivity index (χ0v) is 105. The van der Waals surface area contributed by atoms with Gasteiger partial charge < -0.3 is 101 Å². The summed E-state index contributed by atoms with van der Waals surface area (Å²) in [7, 11) is 0. The lowest BCUT2D eigenvalue weighted by Crippen LogP contribution is -2.32. The lowest BCUT2D eigenvalue weighted by molar-refractivity contribution is -0.140. The summed E-state index contributed by atoms with van der Waals surface area (Å²) in [6.07, 6.45) is 1.88. The summed E-state index contributed by atoms with van der Waals surface area (Å²) in [5.41, 5.74) is 20.7. The topological polar surface area (TPSA) is 453 Å². The molecule has 0 saturated carbocycles. The highest BCUT2D eigenvalue weighted by molar-refractivity contribution is 14.1. The molecule has 16 N–H and O–H groups in total. The molecule has 0 aliphatic rings. The molecule has 2 atom stereocenters. The van der Waals surface area contributed by atoms with Crippen molar-refractivity contribution in [2.75, 3.05) is 6.61 Å². The molecule has 26 nitrogen and oxygen atoms in total. The van der Waals surface area contributed by atoms with Gasteiger partial charge in [0.2, 0.25) is 0 Å². The second kappa shape index (κ2) is 57.4. The van der Waals surface area contributed by atoms with E-state index in [1.54, 1.807) is 103 Å². The molecule has 2 unspecified atom stereocenters. The van der Waals surface area contributed by atoms with Crippen molar-refractivity contribution in [1.29, 1.82) is 0 Å². The number of hydrogen-bond acceptors (Lipinski definition) is 20. The van der Waals surface area contributed by atoms with E-state index in [1.165, 1.54) is 5.56 Å². The van der Waals surface area contributed by atoms with E-state index in [9.17, 15) is 59.4 Å². The number of ether oxygens (including phenoxy) is 6. The number of phenolic OH excluding ortho intramolecular Hbond substituents is 6. The Morgan fingerprint density at radius 1 is 0.333 bits per heavy atom. The minimum Gasteiger partial charge on any atom is -0.508 e. The first-order valence-corrected chi connectivity index (χ1v) is 55.9. The number of aliphatic carboxylic acids is 6. The molecule has 0 spiro atoms. The molecule has 12 aromatic carbocycles. The summed E-state index contributed by atoms with van der Waals surface area (Å²) in [6, 6.07) is 50.0. The van der Waals surface area contributed by atoms with E-state index >= 15 is 0 Å². The van der Waals surface area contributed by atoms with Crippen LogP contribution in [0, 0.1) is 71.0 Å². The Labute approximate surface area is 1000 Å². The van der Waals surface area contributed by atoms with Gasteiger partial charge in [0.1, 0.15) is 86.8 Å². The Kier molecular flexibility index (Phi) is 48.3. The number of carboxylic acid groups (broad SMARTS) is 6. The maximum Gasteiger partial charge on any atom is 0.341 e. The van der Waals surface area contributed by atoms with Gasteiger partial charge in [0.25, 0.3) is 0 Å². The Hall–Kier alpha value is -3.34. The van der Waals surface area contributed by atoms with Crippen LogP contribution in [0.1, 0.15) is 92.2 Å². The number of rotatable bonds is 29. The van der Waals surface area contributed by atoms with Gasteiger partial charge in [-0.15, -0.1) is 0 Å². The van der Waals surface area contributed by atoms with Crippen molar-refractivity contribution in [3.8, 4) is 97.7 Å². The van der Waals surface area contributed by atoms with E-state index in [1.807, 2.05) is 154 Å². The fraction of sp³-hybridized carbons (Fsp3) is 0.161. The van der Waals surface area contributed by atoms with Gasteiger partial charge in [0.05, 0.1) is 70.0 Å². The molecule has 12 aromatic rings. The third kappa shape index (κ3) is 38.9. The van der Waals surface area contributed by atoms with Crippen molar-refractivity contribution >= 4 is 397 Å². The molecule has 0 fully saturated rings. The Bertz CT molecular complexity index is 6210. The van der Waals surface area contributed by atoms with Crippen molar-refractivity contribution in [3.63, 3.8) is 0 Å².